The van der Waals surface area contributed by atoms with E-state index in [2.05, 4.69) is 19.1 Å². The molecule has 94 valence electrons. The average Bonchev–Trinajstić information content (AvgIpc) is 2.38. The first-order valence-corrected chi connectivity index (χ1v) is 7.78. The largest absolute Gasteiger partial charge is 1.00 e. The number of thioether (sulfide) groups is 1. The quantitative estimate of drug-likeness (QED) is 0.478. The summed E-state index contributed by atoms with van der Waals surface area (Å²) < 4.78 is 12.0. The Morgan fingerprint density at radius 1 is 0.895 bits per heavy atom. The van der Waals surface area contributed by atoms with Gasteiger partial charge in [-0.25, -0.2) is 0 Å². The summed E-state index contributed by atoms with van der Waals surface area (Å²) in [6.45, 7) is 4.08. The minimum Gasteiger partial charge on any atom is -0.303 e. The molecule has 0 spiro atoms. The Morgan fingerprint density at radius 3 is 1.89 bits per heavy atom. The van der Waals surface area contributed by atoms with E-state index in [1.54, 1.807) is 5.08 Å². The maximum absolute atomic E-state index is 12.0. The summed E-state index contributed by atoms with van der Waals surface area (Å²) >= 11 is 1.51. The van der Waals surface area contributed by atoms with E-state index in [1.165, 1.54) is 22.9 Å². The van der Waals surface area contributed by atoms with Crippen LogP contribution in [0.15, 0.2) is 58.3 Å². The third-order valence-corrected chi connectivity index (χ3v) is 4.91. The van der Waals surface area contributed by atoms with E-state index in [0.717, 1.165) is 9.79 Å². The Bertz CT molecular complexity index is 535. The molecule has 0 aliphatic heterocycles. The molecule has 19 heavy (non-hydrogen) atoms. The van der Waals surface area contributed by atoms with Crippen LogP contribution in [0.25, 0.3) is 0 Å². The molecule has 1 nitrogen and oxygen atoms in total. The van der Waals surface area contributed by atoms with Gasteiger partial charge in [-0.1, -0.05) is 58.3 Å². The average molecular weight is 282 g/mol. The molecule has 0 fully saturated rings. The smallest absolute Gasteiger partial charge is 0.303 e. The first kappa shape index (κ1) is 16.6. The van der Waals surface area contributed by atoms with Crippen molar-refractivity contribution in [1.29, 1.82) is 0 Å². The fourth-order valence-electron chi connectivity index (χ4n) is 1.44. The third-order valence-electron chi connectivity index (χ3n) is 2.55. The Kier molecular flexibility index (Phi) is 6.96. The molecule has 0 saturated carbocycles. The molecule has 0 N–H and O–H groups in total. The van der Waals surface area contributed by atoms with Crippen LogP contribution in [-0.2, 0) is 10.8 Å². The van der Waals surface area contributed by atoms with Crippen LogP contribution in [0.4, 0.5) is 0 Å². The predicted octanol–water partition coefficient (Wildman–Crippen LogP) is 1.33. The van der Waals surface area contributed by atoms with Gasteiger partial charge in [-0.05, 0) is 30.9 Å². The zero-order valence-electron chi connectivity index (χ0n) is 11.4. The summed E-state index contributed by atoms with van der Waals surface area (Å²) in [5.74, 6) is 0. The molecule has 0 bridgehead atoms. The molecule has 0 saturated heterocycles. The summed E-state index contributed by atoms with van der Waals surface area (Å²) in [6.07, 6.45) is 0. The molecule has 0 radical (unpaired) electrons. The standard InChI is InChI=1S/C15H15OS2.Li/c1-12-3-7-14(8-4-12)17-11-18(16)15-9-5-13(2)6-10-15;/h3-11H,1-2H3;/q-1;+1. The van der Waals surface area contributed by atoms with E-state index < -0.39 is 10.8 Å². The van der Waals surface area contributed by atoms with E-state index >= 15 is 0 Å². The molecule has 4 heteroatoms. The first-order valence-electron chi connectivity index (χ1n) is 5.69. The molecule has 1 atom stereocenters. The van der Waals surface area contributed by atoms with Crippen molar-refractivity contribution in [2.45, 2.75) is 23.6 Å². The molecule has 0 amide bonds. The van der Waals surface area contributed by atoms with Gasteiger partial charge in [0.2, 0.25) is 0 Å². The molecule has 0 aliphatic rings. The minimum atomic E-state index is -1.06. The molecular weight excluding hydrogens is 267 g/mol. The predicted molar refractivity (Wildman–Crippen MR) is 78.9 cm³/mol. The second kappa shape index (κ2) is 7.97. The van der Waals surface area contributed by atoms with Crippen LogP contribution >= 0.6 is 11.8 Å². The van der Waals surface area contributed by atoms with Gasteiger partial charge in [0.15, 0.2) is 0 Å². The topological polar surface area (TPSA) is 17.1 Å². The normalized spacial score (nSPS) is 11.7. The van der Waals surface area contributed by atoms with Gasteiger partial charge in [-0.3, -0.25) is 4.21 Å². The van der Waals surface area contributed by atoms with Crippen molar-refractivity contribution in [3.63, 3.8) is 0 Å². The molecule has 1 unspecified atom stereocenters. The van der Waals surface area contributed by atoms with Crippen molar-refractivity contribution in [2.24, 2.45) is 0 Å². The van der Waals surface area contributed by atoms with Gasteiger partial charge in [0.05, 0.1) is 0 Å². The second-order valence-corrected chi connectivity index (χ2v) is 6.68. The molecule has 2 aromatic rings. The van der Waals surface area contributed by atoms with Gasteiger partial charge in [-0.2, -0.15) is 5.08 Å². The number of hydrogen-bond donors (Lipinski definition) is 0. The van der Waals surface area contributed by atoms with E-state index in [9.17, 15) is 4.21 Å². The van der Waals surface area contributed by atoms with Crippen molar-refractivity contribution in [2.75, 3.05) is 0 Å². The Balaban J connectivity index is 0.00000180. The van der Waals surface area contributed by atoms with Crippen LogP contribution in [0, 0.1) is 18.9 Å². The van der Waals surface area contributed by atoms with Crippen LogP contribution in [-0.4, -0.2) is 4.21 Å². The van der Waals surface area contributed by atoms with Gasteiger partial charge >= 0.3 is 18.9 Å². The van der Waals surface area contributed by atoms with Crippen molar-refractivity contribution in [1.82, 2.24) is 0 Å². The van der Waals surface area contributed by atoms with Gasteiger partial charge in [0, 0.05) is 4.90 Å². The number of aryl methyl sites for hydroxylation is 2. The number of rotatable bonds is 4. The van der Waals surface area contributed by atoms with Crippen LogP contribution in [0.3, 0.4) is 0 Å². The summed E-state index contributed by atoms with van der Waals surface area (Å²) in [7, 11) is -1.06. The Hall–Kier alpha value is -0.463. The van der Waals surface area contributed by atoms with Gasteiger partial charge in [-0.15, -0.1) is 0 Å². The summed E-state index contributed by atoms with van der Waals surface area (Å²) in [5, 5.41) is 1.77. The molecule has 0 aliphatic carbocycles. The van der Waals surface area contributed by atoms with Crippen LogP contribution in [0.5, 0.6) is 0 Å². The van der Waals surface area contributed by atoms with E-state index in [-0.39, 0.29) is 18.9 Å². The van der Waals surface area contributed by atoms with Crippen LogP contribution in [0.2, 0.25) is 0 Å². The van der Waals surface area contributed by atoms with E-state index in [0.29, 0.717) is 0 Å². The zero-order valence-corrected chi connectivity index (χ0v) is 13.1. The molecule has 2 aromatic carbocycles. The zero-order chi connectivity index (χ0) is 13.0. The maximum atomic E-state index is 12.0. The Labute approximate surface area is 133 Å². The Morgan fingerprint density at radius 2 is 1.37 bits per heavy atom. The van der Waals surface area contributed by atoms with E-state index in [1.807, 2.05) is 43.3 Å². The van der Waals surface area contributed by atoms with Crippen molar-refractivity contribution >= 4 is 22.6 Å². The van der Waals surface area contributed by atoms with Crippen LogP contribution in [0.1, 0.15) is 11.1 Å². The first-order chi connectivity index (χ1) is 8.65. The molecule has 0 aromatic heterocycles. The van der Waals surface area contributed by atoms with Gasteiger partial charge in [0.25, 0.3) is 0 Å². The number of benzene rings is 2. The fourth-order valence-corrected chi connectivity index (χ4v) is 3.38. The van der Waals surface area contributed by atoms with Crippen molar-refractivity contribution in [3.05, 3.63) is 64.7 Å². The number of hydrogen-bond acceptors (Lipinski definition) is 2. The SMILES string of the molecule is Cc1ccc(S[CH-]S(=O)c2ccc(C)cc2)cc1.[Li+]. The maximum Gasteiger partial charge on any atom is 1.00 e. The van der Waals surface area contributed by atoms with E-state index in [4.69, 9.17) is 0 Å². The van der Waals surface area contributed by atoms with Crippen molar-refractivity contribution in [3.8, 4) is 0 Å². The second-order valence-electron chi connectivity index (χ2n) is 4.14. The molecule has 2 rings (SSSR count). The minimum absolute atomic E-state index is 0. The third kappa shape index (κ3) is 5.20. The van der Waals surface area contributed by atoms with Crippen molar-refractivity contribution < 1.29 is 23.1 Å². The fraction of sp³-hybridized carbons (Fsp3) is 0.133. The molecule has 0 heterocycles. The monoisotopic (exact) mass is 282 g/mol. The van der Waals surface area contributed by atoms with Gasteiger partial charge < -0.3 is 11.8 Å². The molecular formula is C15H15LiOS2. The summed E-state index contributed by atoms with van der Waals surface area (Å²) in [4.78, 5) is 1.96. The van der Waals surface area contributed by atoms with Gasteiger partial charge in [0.1, 0.15) is 0 Å². The summed E-state index contributed by atoms with van der Waals surface area (Å²) in [6, 6.07) is 16.0. The van der Waals surface area contributed by atoms with Crippen LogP contribution < -0.4 is 18.9 Å². The summed E-state index contributed by atoms with van der Waals surface area (Å²) in [5.41, 5.74) is 2.42.